The summed E-state index contributed by atoms with van der Waals surface area (Å²) >= 11 is 7.41. The number of hydrogen-bond donors (Lipinski definition) is 2. The van der Waals surface area contributed by atoms with Crippen molar-refractivity contribution < 1.29 is 4.79 Å². The average molecular weight is 521 g/mol. The first-order chi connectivity index (χ1) is 17.1. The number of aryl methyl sites for hydroxylation is 1. The highest BCUT2D eigenvalue weighted by Gasteiger charge is 2.09. The molecule has 1 amide bonds. The van der Waals surface area contributed by atoms with Crippen LogP contribution >= 0.6 is 24.0 Å². The molecule has 0 atom stereocenters. The maximum Gasteiger partial charge on any atom is 0.224 e. The molecule has 0 aliphatic heterocycles. The molecule has 0 aliphatic carbocycles. The molecule has 3 nitrogen and oxygen atoms in total. The summed E-state index contributed by atoms with van der Waals surface area (Å²) in [7, 11) is 0. The molecule has 1 aromatic carbocycles. The summed E-state index contributed by atoms with van der Waals surface area (Å²) < 4.78 is 0. The zero-order valence-electron chi connectivity index (χ0n) is 22.9. The molecule has 0 aliphatic rings. The van der Waals surface area contributed by atoms with Gasteiger partial charge in [0.2, 0.25) is 5.91 Å². The third kappa shape index (κ3) is 16.3. The van der Waals surface area contributed by atoms with Crippen molar-refractivity contribution in [3.63, 3.8) is 0 Å². The molecule has 0 bridgehead atoms. The highest BCUT2D eigenvalue weighted by molar-refractivity contribution is 7.98. The number of anilines is 1. The first-order valence-corrected chi connectivity index (χ1v) is 16.1. The second-order valence-electron chi connectivity index (χ2n) is 9.72. The Morgan fingerprint density at radius 1 is 0.829 bits per heavy atom. The van der Waals surface area contributed by atoms with Gasteiger partial charge in [0.1, 0.15) is 4.99 Å². The van der Waals surface area contributed by atoms with Crippen LogP contribution in [-0.4, -0.2) is 29.4 Å². The molecule has 5 heteroatoms. The smallest absolute Gasteiger partial charge is 0.224 e. The van der Waals surface area contributed by atoms with Gasteiger partial charge in [0, 0.05) is 24.2 Å². The van der Waals surface area contributed by atoms with E-state index < -0.39 is 0 Å². The second kappa shape index (κ2) is 22.2. The number of carbonyl (C=O) groups excluding carboxylic acids is 1. The maximum atomic E-state index is 12.6. The van der Waals surface area contributed by atoms with Crippen LogP contribution in [0.25, 0.3) is 0 Å². The minimum Gasteiger partial charge on any atom is -0.376 e. The van der Waals surface area contributed by atoms with E-state index in [-0.39, 0.29) is 5.91 Å². The molecule has 1 aromatic rings. The van der Waals surface area contributed by atoms with E-state index in [4.69, 9.17) is 12.2 Å². The first kappa shape index (κ1) is 32.0. The van der Waals surface area contributed by atoms with Gasteiger partial charge in [-0.15, -0.1) is 0 Å². The van der Waals surface area contributed by atoms with Gasteiger partial charge in [-0.1, -0.05) is 122 Å². The van der Waals surface area contributed by atoms with Crippen LogP contribution < -0.4 is 10.6 Å². The number of rotatable bonds is 22. The molecule has 0 saturated carbocycles. The lowest BCUT2D eigenvalue weighted by Gasteiger charge is -2.14. The highest BCUT2D eigenvalue weighted by atomic mass is 32.2. The number of amides is 1. The van der Waals surface area contributed by atoms with Gasteiger partial charge in [-0.3, -0.25) is 4.79 Å². The van der Waals surface area contributed by atoms with Crippen LogP contribution in [0.2, 0.25) is 0 Å². The van der Waals surface area contributed by atoms with Crippen molar-refractivity contribution in [3.05, 3.63) is 29.3 Å². The van der Waals surface area contributed by atoms with Gasteiger partial charge in [-0.05, 0) is 42.9 Å². The lowest BCUT2D eigenvalue weighted by atomic mass is 10.0. The molecule has 200 valence electrons. The average Bonchev–Trinajstić information content (AvgIpc) is 2.86. The predicted octanol–water partition coefficient (Wildman–Crippen LogP) is 9.08. The van der Waals surface area contributed by atoms with Crippen LogP contribution in [0.1, 0.15) is 128 Å². The predicted molar refractivity (Wildman–Crippen MR) is 162 cm³/mol. The molecule has 0 radical (unpaired) electrons. The molecule has 0 heterocycles. The third-order valence-electron chi connectivity index (χ3n) is 6.60. The van der Waals surface area contributed by atoms with E-state index in [1.807, 2.05) is 17.8 Å². The number of carbonyl (C=O) groups is 1. The van der Waals surface area contributed by atoms with Gasteiger partial charge in [0.25, 0.3) is 0 Å². The van der Waals surface area contributed by atoms with Crippen LogP contribution in [0.5, 0.6) is 0 Å². The number of hydrogen-bond acceptors (Lipinski definition) is 3. The molecule has 35 heavy (non-hydrogen) atoms. The topological polar surface area (TPSA) is 41.1 Å². The second-order valence-corrected chi connectivity index (χ2v) is 11.1. The van der Waals surface area contributed by atoms with Crippen LogP contribution in [0.4, 0.5) is 5.69 Å². The number of nitrogens with one attached hydrogen (secondary N) is 2. The van der Waals surface area contributed by atoms with E-state index in [0.29, 0.717) is 6.42 Å². The van der Waals surface area contributed by atoms with Crippen molar-refractivity contribution in [1.29, 1.82) is 0 Å². The lowest BCUT2D eigenvalue weighted by molar-refractivity contribution is -0.116. The number of thioether (sulfide) groups is 1. The van der Waals surface area contributed by atoms with Crippen LogP contribution in [-0.2, 0) is 11.2 Å². The molecule has 0 fully saturated rings. The van der Waals surface area contributed by atoms with Gasteiger partial charge in [-0.2, -0.15) is 11.8 Å². The van der Waals surface area contributed by atoms with Gasteiger partial charge >= 0.3 is 0 Å². The standard InChI is InChI=1S/C30H52N2OS2/c1-4-6-7-8-9-10-11-12-13-14-15-16-17-18-20-29(33)32-28-25-27(22-21-26(28)5-2)30(34)31-23-19-24-35-3/h21-22,25H,4-20,23-24H2,1-3H3,(H,31,34)(H,32,33). The van der Waals surface area contributed by atoms with Crippen molar-refractivity contribution >= 4 is 40.6 Å². The Bertz CT molecular complexity index is 693. The highest BCUT2D eigenvalue weighted by Crippen LogP contribution is 2.20. The molecule has 0 spiro atoms. The monoisotopic (exact) mass is 520 g/mol. The Kier molecular flexibility index (Phi) is 20.2. The molecule has 0 saturated heterocycles. The lowest BCUT2D eigenvalue weighted by Crippen LogP contribution is -2.24. The molecule has 0 unspecified atom stereocenters. The fourth-order valence-electron chi connectivity index (χ4n) is 4.36. The Balaban J connectivity index is 2.18. The maximum absolute atomic E-state index is 12.6. The van der Waals surface area contributed by atoms with E-state index in [2.05, 4.69) is 42.9 Å². The van der Waals surface area contributed by atoms with Crippen LogP contribution in [0.3, 0.4) is 0 Å². The minimum atomic E-state index is 0.120. The number of benzene rings is 1. The zero-order valence-corrected chi connectivity index (χ0v) is 24.5. The first-order valence-electron chi connectivity index (χ1n) is 14.3. The molecule has 1 rings (SSSR count). The van der Waals surface area contributed by atoms with Gasteiger partial charge in [0.15, 0.2) is 0 Å². The Hall–Kier alpha value is -1.07. The van der Waals surface area contributed by atoms with Crippen molar-refractivity contribution in [2.45, 2.75) is 123 Å². The van der Waals surface area contributed by atoms with Crippen molar-refractivity contribution in [3.8, 4) is 0 Å². The van der Waals surface area contributed by atoms with Crippen molar-refractivity contribution in [1.82, 2.24) is 5.32 Å². The molecular formula is C30H52N2OS2. The fourth-order valence-corrected chi connectivity index (χ4v) is 5.02. The third-order valence-corrected chi connectivity index (χ3v) is 7.67. The summed E-state index contributed by atoms with van der Waals surface area (Å²) in [5.74, 6) is 1.25. The quantitative estimate of drug-likeness (QED) is 0.118. The van der Waals surface area contributed by atoms with E-state index in [1.165, 1.54) is 77.0 Å². The van der Waals surface area contributed by atoms with Crippen LogP contribution in [0.15, 0.2) is 18.2 Å². The molecule has 2 N–H and O–H groups in total. The normalized spacial score (nSPS) is 10.9. The summed E-state index contributed by atoms with van der Waals surface area (Å²) in [4.78, 5) is 13.3. The van der Waals surface area contributed by atoms with Gasteiger partial charge in [-0.25, -0.2) is 0 Å². The fraction of sp³-hybridized carbons (Fsp3) is 0.733. The molecular weight excluding hydrogens is 468 g/mol. The van der Waals surface area contributed by atoms with Crippen molar-refractivity contribution in [2.75, 3.05) is 23.9 Å². The van der Waals surface area contributed by atoms with E-state index in [9.17, 15) is 4.79 Å². The van der Waals surface area contributed by atoms with E-state index >= 15 is 0 Å². The van der Waals surface area contributed by atoms with E-state index in [1.54, 1.807) is 0 Å². The van der Waals surface area contributed by atoms with Crippen molar-refractivity contribution in [2.24, 2.45) is 0 Å². The Morgan fingerprint density at radius 2 is 1.40 bits per heavy atom. The summed E-state index contributed by atoms with van der Waals surface area (Å²) in [6, 6.07) is 6.19. The number of thiocarbonyl (C=S) groups is 1. The minimum absolute atomic E-state index is 0.120. The summed E-state index contributed by atoms with van der Waals surface area (Å²) in [6.45, 7) is 5.29. The number of unbranched alkanes of at least 4 members (excludes halogenated alkanes) is 13. The summed E-state index contributed by atoms with van der Waals surface area (Å²) in [6.07, 6.45) is 23.3. The zero-order chi connectivity index (χ0) is 25.6. The van der Waals surface area contributed by atoms with Gasteiger partial charge < -0.3 is 10.6 Å². The summed E-state index contributed by atoms with van der Waals surface area (Å²) in [5, 5.41) is 6.49. The SMILES string of the molecule is CCCCCCCCCCCCCCCCC(=O)Nc1cc(C(=S)NCCCSC)ccc1CC. The van der Waals surface area contributed by atoms with Gasteiger partial charge in [0.05, 0.1) is 0 Å². The summed E-state index contributed by atoms with van der Waals surface area (Å²) in [5.41, 5.74) is 3.05. The van der Waals surface area contributed by atoms with Crippen LogP contribution in [0, 0.1) is 0 Å². The largest absolute Gasteiger partial charge is 0.376 e. The van der Waals surface area contributed by atoms with E-state index in [0.717, 1.165) is 59.8 Å². The molecule has 0 aromatic heterocycles. The Labute approximate surface area is 226 Å². The Morgan fingerprint density at radius 3 is 1.94 bits per heavy atom.